The monoisotopic (exact) mass is 347 g/mol. The Balaban J connectivity index is 2.30. The van der Waals surface area contributed by atoms with Crippen LogP contribution in [0.4, 0.5) is 17.5 Å². The molecule has 0 aliphatic heterocycles. The molecule has 4 N–H and O–H groups in total. The van der Waals surface area contributed by atoms with Gasteiger partial charge in [0.2, 0.25) is 5.95 Å². The van der Waals surface area contributed by atoms with Gasteiger partial charge in [0.05, 0.1) is 11.2 Å². The van der Waals surface area contributed by atoms with E-state index in [0.29, 0.717) is 15.9 Å². The molecule has 1 aromatic carbocycles. The first-order valence-electron chi connectivity index (χ1n) is 4.81. The van der Waals surface area contributed by atoms with E-state index in [0.717, 1.165) is 10.2 Å². The summed E-state index contributed by atoms with van der Waals surface area (Å²) in [6.07, 6.45) is 1.45. The van der Waals surface area contributed by atoms with E-state index in [2.05, 4.69) is 36.6 Å². The molecule has 0 fully saturated rings. The van der Waals surface area contributed by atoms with Crippen LogP contribution in [0.3, 0.4) is 0 Å². The predicted octanol–water partition coefficient (Wildman–Crippen LogP) is 3.58. The molecule has 0 saturated carbocycles. The van der Waals surface area contributed by atoms with Crippen LogP contribution in [0.15, 0.2) is 28.9 Å². The third-order valence-electron chi connectivity index (χ3n) is 2.06. The molecule has 1 heterocycles. The van der Waals surface area contributed by atoms with Gasteiger partial charge in [-0.2, -0.15) is 4.98 Å². The van der Waals surface area contributed by atoms with Gasteiger partial charge in [0.15, 0.2) is 5.82 Å². The summed E-state index contributed by atoms with van der Waals surface area (Å²) in [5, 5.41) is 4.00. The minimum Gasteiger partial charge on any atom is -0.339 e. The standard InChI is InChI=1S/C10H8BrCl2N5/c11-6-2-1-5(3-7(6)12)16-9-8(13)4-15-10(17-9)18-14/h1-4H,14H2,(H2,15,16,17,18). The van der Waals surface area contributed by atoms with Crippen molar-refractivity contribution in [3.05, 3.63) is 38.9 Å². The zero-order valence-corrected chi connectivity index (χ0v) is 12.0. The Labute approximate surface area is 122 Å². The molecule has 18 heavy (non-hydrogen) atoms. The minimum absolute atomic E-state index is 0.269. The molecule has 0 saturated heterocycles. The molecule has 2 aromatic rings. The van der Waals surface area contributed by atoms with E-state index in [1.807, 2.05) is 12.1 Å². The molecule has 0 unspecified atom stereocenters. The van der Waals surface area contributed by atoms with Gasteiger partial charge >= 0.3 is 0 Å². The van der Waals surface area contributed by atoms with E-state index >= 15 is 0 Å². The molecule has 0 amide bonds. The zero-order valence-electron chi connectivity index (χ0n) is 8.92. The number of nitrogens with two attached hydrogens (primary N) is 1. The van der Waals surface area contributed by atoms with E-state index in [9.17, 15) is 0 Å². The Morgan fingerprint density at radius 2 is 2.00 bits per heavy atom. The van der Waals surface area contributed by atoms with Gasteiger partial charge in [-0.25, -0.2) is 10.8 Å². The third-order valence-corrected chi connectivity index (χ3v) is 3.56. The molecule has 0 spiro atoms. The highest BCUT2D eigenvalue weighted by atomic mass is 79.9. The highest BCUT2D eigenvalue weighted by molar-refractivity contribution is 9.10. The average Bonchev–Trinajstić information content (AvgIpc) is 2.36. The van der Waals surface area contributed by atoms with E-state index in [1.165, 1.54) is 6.20 Å². The number of nitrogen functional groups attached to an aromatic ring is 1. The van der Waals surface area contributed by atoms with Crippen molar-refractivity contribution in [2.45, 2.75) is 0 Å². The molecule has 0 radical (unpaired) electrons. The Morgan fingerprint density at radius 3 is 2.67 bits per heavy atom. The smallest absolute Gasteiger partial charge is 0.239 e. The van der Waals surface area contributed by atoms with Crippen LogP contribution in [0.5, 0.6) is 0 Å². The second-order valence-corrected chi connectivity index (χ2v) is 4.96. The molecule has 5 nitrogen and oxygen atoms in total. The van der Waals surface area contributed by atoms with Crippen LogP contribution in [0.25, 0.3) is 0 Å². The maximum absolute atomic E-state index is 5.99. The van der Waals surface area contributed by atoms with E-state index < -0.39 is 0 Å². The number of benzene rings is 1. The minimum atomic E-state index is 0.269. The molecule has 0 aliphatic rings. The molecular formula is C10H8BrCl2N5. The average molecular weight is 349 g/mol. The van der Waals surface area contributed by atoms with Gasteiger partial charge in [0.1, 0.15) is 5.02 Å². The Morgan fingerprint density at radius 1 is 1.22 bits per heavy atom. The van der Waals surface area contributed by atoms with Crippen molar-refractivity contribution in [2.24, 2.45) is 5.84 Å². The van der Waals surface area contributed by atoms with Gasteiger partial charge in [-0.05, 0) is 34.1 Å². The summed E-state index contributed by atoms with van der Waals surface area (Å²) in [7, 11) is 0. The molecule has 8 heteroatoms. The zero-order chi connectivity index (χ0) is 13.1. The summed E-state index contributed by atoms with van der Waals surface area (Å²) in [6, 6.07) is 5.41. The van der Waals surface area contributed by atoms with Gasteiger partial charge < -0.3 is 5.32 Å². The number of nitrogens with zero attached hydrogens (tertiary/aromatic N) is 2. The summed E-state index contributed by atoms with van der Waals surface area (Å²) < 4.78 is 0.813. The van der Waals surface area contributed by atoms with Crippen molar-refractivity contribution in [1.29, 1.82) is 0 Å². The fourth-order valence-corrected chi connectivity index (χ4v) is 1.80. The number of rotatable bonds is 3. The summed E-state index contributed by atoms with van der Waals surface area (Å²) in [4.78, 5) is 7.97. The second-order valence-electron chi connectivity index (χ2n) is 3.29. The topological polar surface area (TPSA) is 75.9 Å². The maximum Gasteiger partial charge on any atom is 0.239 e. The third kappa shape index (κ3) is 3.02. The Bertz CT molecular complexity index is 578. The highest BCUT2D eigenvalue weighted by Gasteiger charge is 2.06. The summed E-state index contributed by atoms with van der Waals surface area (Å²) in [5.41, 5.74) is 3.10. The molecule has 2 rings (SSSR count). The van der Waals surface area contributed by atoms with Gasteiger partial charge in [-0.3, -0.25) is 5.43 Å². The van der Waals surface area contributed by atoms with Crippen LogP contribution in [-0.2, 0) is 0 Å². The van der Waals surface area contributed by atoms with Crippen molar-refractivity contribution in [3.8, 4) is 0 Å². The van der Waals surface area contributed by atoms with Gasteiger partial charge in [0.25, 0.3) is 0 Å². The van der Waals surface area contributed by atoms with Crippen molar-refractivity contribution in [3.63, 3.8) is 0 Å². The number of aromatic nitrogens is 2. The first kappa shape index (κ1) is 13.4. The Kier molecular flexibility index (Phi) is 4.23. The molecular weight excluding hydrogens is 341 g/mol. The van der Waals surface area contributed by atoms with Crippen molar-refractivity contribution in [2.75, 3.05) is 10.7 Å². The van der Waals surface area contributed by atoms with Gasteiger partial charge in [-0.15, -0.1) is 0 Å². The second kappa shape index (κ2) is 5.71. The van der Waals surface area contributed by atoms with Crippen LogP contribution in [0, 0.1) is 0 Å². The summed E-state index contributed by atoms with van der Waals surface area (Å²) in [5.74, 6) is 5.94. The number of halogens is 3. The van der Waals surface area contributed by atoms with Crippen LogP contribution in [-0.4, -0.2) is 9.97 Å². The van der Waals surface area contributed by atoms with Crippen LogP contribution < -0.4 is 16.6 Å². The Hall–Kier alpha value is -1.08. The first-order chi connectivity index (χ1) is 8.60. The highest BCUT2D eigenvalue weighted by Crippen LogP contribution is 2.29. The quantitative estimate of drug-likeness (QED) is 0.584. The van der Waals surface area contributed by atoms with E-state index in [4.69, 9.17) is 29.0 Å². The van der Waals surface area contributed by atoms with Crippen LogP contribution in [0.1, 0.15) is 0 Å². The van der Waals surface area contributed by atoms with Gasteiger partial charge in [0, 0.05) is 10.2 Å². The lowest BCUT2D eigenvalue weighted by Gasteiger charge is -2.09. The number of hydrogen-bond donors (Lipinski definition) is 3. The van der Waals surface area contributed by atoms with E-state index in [-0.39, 0.29) is 5.95 Å². The summed E-state index contributed by atoms with van der Waals surface area (Å²) >= 11 is 15.3. The van der Waals surface area contributed by atoms with Crippen LogP contribution >= 0.6 is 39.1 Å². The lowest BCUT2D eigenvalue weighted by Crippen LogP contribution is -2.11. The van der Waals surface area contributed by atoms with Crippen molar-refractivity contribution < 1.29 is 0 Å². The predicted molar refractivity (Wildman–Crippen MR) is 77.3 cm³/mol. The van der Waals surface area contributed by atoms with Crippen molar-refractivity contribution >= 4 is 56.6 Å². The lowest BCUT2D eigenvalue weighted by molar-refractivity contribution is 1.12. The fraction of sp³-hybridized carbons (Fsp3) is 0. The largest absolute Gasteiger partial charge is 0.339 e. The van der Waals surface area contributed by atoms with Gasteiger partial charge in [-0.1, -0.05) is 23.2 Å². The maximum atomic E-state index is 5.99. The number of anilines is 3. The molecule has 1 aromatic heterocycles. The number of nitrogens with one attached hydrogen (secondary N) is 2. The molecule has 0 aliphatic carbocycles. The van der Waals surface area contributed by atoms with Crippen molar-refractivity contribution in [1.82, 2.24) is 9.97 Å². The molecule has 0 bridgehead atoms. The number of hydrogen-bond acceptors (Lipinski definition) is 5. The SMILES string of the molecule is NNc1ncc(Cl)c(Nc2ccc(Br)c(Cl)c2)n1. The van der Waals surface area contributed by atoms with Crippen LogP contribution in [0.2, 0.25) is 10.0 Å². The van der Waals surface area contributed by atoms with E-state index in [1.54, 1.807) is 6.07 Å². The fourth-order valence-electron chi connectivity index (χ4n) is 1.23. The molecule has 0 atom stereocenters. The summed E-state index contributed by atoms with van der Waals surface area (Å²) in [6.45, 7) is 0. The molecule has 94 valence electrons. The first-order valence-corrected chi connectivity index (χ1v) is 6.36. The normalized spacial score (nSPS) is 10.2. The lowest BCUT2D eigenvalue weighted by atomic mass is 10.3. The number of hydrazine groups is 1.